The van der Waals surface area contributed by atoms with Crippen molar-refractivity contribution in [2.24, 2.45) is 0 Å². The number of carbonyl (C=O) groups excluding carboxylic acids is 1. The number of hydrogen-bond acceptors (Lipinski definition) is 3. The highest BCUT2D eigenvalue weighted by molar-refractivity contribution is 5.92. The van der Waals surface area contributed by atoms with E-state index < -0.39 is 0 Å². The quantitative estimate of drug-likeness (QED) is 0.839. The minimum Gasteiger partial charge on any atom is -0.496 e. The van der Waals surface area contributed by atoms with Gasteiger partial charge in [0.05, 0.1) is 19.8 Å². The van der Waals surface area contributed by atoms with E-state index >= 15 is 0 Å². The fourth-order valence-corrected chi connectivity index (χ4v) is 2.38. The molecule has 1 fully saturated rings. The highest BCUT2D eigenvalue weighted by Crippen LogP contribution is 2.20. The third kappa shape index (κ3) is 3.15. The maximum atomic E-state index is 12.1. The zero-order chi connectivity index (χ0) is 13.7. The first-order valence-electron chi connectivity index (χ1n) is 6.49. The summed E-state index contributed by atoms with van der Waals surface area (Å²) in [4.78, 5) is 13.8. The van der Waals surface area contributed by atoms with E-state index in [0.29, 0.717) is 0 Å². The maximum Gasteiger partial charge on any atom is 0.246 e. The molecule has 1 N–H and O–H groups in total. The molecule has 0 aliphatic carbocycles. The van der Waals surface area contributed by atoms with E-state index in [4.69, 9.17) is 4.74 Å². The molecule has 1 amide bonds. The van der Waals surface area contributed by atoms with Crippen LogP contribution in [0, 0.1) is 0 Å². The molecule has 0 radical (unpaired) electrons. The van der Waals surface area contributed by atoms with Gasteiger partial charge in [-0.3, -0.25) is 4.79 Å². The first kappa shape index (κ1) is 13.6. The molecule has 4 heteroatoms. The van der Waals surface area contributed by atoms with Crippen LogP contribution in [0.4, 0.5) is 0 Å². The van der Waals surface area contributed by atoms with Crippen molar-refractivity contribution in [2.45, 2.75) is 18.9 Å². The van der Waals surface area contributed by atoms with Crippen molar-refractivity contribution in [3.63, 3.8) is 0 Å². The summed E-state index contributed by atoms with van der Waals surface area (Å²) in [5, 5.41) is 9.21. The number of aliphatic hydroxyl groups is 1. The lowest BCUT2D eigenvalue weighted by Gasteiger charge is -2.21. The van der Waals surface area contributed by atoms with E-state index in [9.17, 15) is 9.90 Å². The molecule has 102 valence electrons. The van der Waals surface area contributed by atoms with E-state index in [0.717, 1.165) is 30.7 Å². The van der Waals surface area contributed by atoms with Gasteiger partial charge < -0.3 is 14.7 Å². The zero-order valence-corrected chi connectivity index (χ0v) is 11.1. The Balaban J connectivity index is 2.07. The fraction of sp³-hybridized carbons (Fsp3) is 0.400. The predicted molar refractivity (Wildman–Crippen MR) is 73.8 cm³/mol. The zero-order valence-electron chi connectivity index (χ0n) is 11.1. The van der Waals surface area contributed by atoms with E-state index in [1.165, 1.54) is 0 Å². The monoisotopic (exact) mass is 261 g/mol. The Kier molecular flexibility index (Phi) is 4.58. The second kappa shape index (κ2) is 6.38. The average molecular weight is 261 g/mol. The van der Waals surface area contributed by atoms with E-state index in [2.05, 4.69) is 0 Å². The number of aliphatic hydroxyl groups excluding tert-OH is 1. The number of amides is 1. The van der Waals surface area contributed by atoms with Crippen LogP contribution in [0.5, 0.6) is 5.75 Å². The Morgan fingerprint density at radius 1 is 1.53 bits per heavy atom. The molecule has 1 aliphatic rings. The summed E-state index contributed by atoms with van der Waals surface area (Å²) in [6.07, 6.45) is 5.14. The van der Waals surface area contributed by atoms with Gasteiger partial charge in [-0.1, -0.05) is 18.2 Å². The average Bonchev–Trinajstić information content (AvgIpc) is 2.93. The Morgan fingerprint density at radius 3 is 3.05 bits per heavy atom. The van der Waals surface area contributed by atoms with Crippen molar-refractivity contribution in [1.82, 2.24) is 4.90 Å². The maximum absolute atomic E-state index is 12.1. The lowest BCUT2D eigenvalue weighted by atomic mass is 10.2. The van der Waals surface area contributed by atoms with Crippen molar-refractivity contribution in [1.29, 1.82) is 0 Å². The van der Waals surface area contributed by atoms with Crippen LogP contribution in [-0.4, -0.2) is 42.2 Å². The van der Waals surface area contributed by atoms with Crippen molar-refractivity contribution in [3.05, 3.63) is 35.9 Å². The van der Waals surface area contributed by atoms with Crippen LogP contribution in [0.3, 0.4) is 0 Å². The molecule has 0 saturated carbocycles. The Bertz CT molecular complexity index is 470. The van der Waals surface area contributed by atoms with Gasteiger partial charge >= 0.3 is 0 Å². The van der Waals surface area contributed by atoms with E-state index in [1.54, 1.807) is 24.2 Å². The van der Waals surface area contributed by atoms with Crippen LogP contribution in [0.2, 0.25) is 0 Å². The Hall–Kier alpha value is -1.81. The molecule has 1 unspecified atom stereocenters. The standard InChI is InChI=1S/C15H19NO3/c1-19-14-7-3-2-5-12(14)8-9-15(18)16-10-4-6-13(16)11-17/h2-3,5,7-9,13,17H,4,6,10-11H2,1H3. The van der Waals surface area contributed by atoms with E-state index in [1.807, 2.05) is 24.3 Å². The predicted octanol–water partition coefficient (Wildman–Crippen LogP) is 1.69. The van der Waals surface area contributed by atoms with Gasteiger partial charge in [0.1, 0.15) is 5.75 Å². The molecule has 0 spiro atoms. The number of carbonyl (C=O) groups is 1. The summed E-state index contributed by atoms with van der Waals surface area (Å²) in [5.41, 5.74) is 0.873. The van der Waals surface area contributed by atoms with Gasteiger partial charge in [-0.2, -0.15) is 0 Å². The van der Waals surface area contributed by atoms with Crippen LogP contribution in [0.1, 0.15) is 18.4 Å². The Labute approximate surface area is 113 Å². The molecule has 1 saturated heterocycles. The number of para-hydroxylation sites is 1. The second-order valence-electron chi connectivity index (χ2n) is 4.59. The first-order chi connectivity index (χ1) is 9.26. The number of rotatable bonds is 4. The summed E-state index contributed by atoms with van der Waals surface area (Å²) < 4.78 is 5.23. The lowest BCUT2D eigenvalue weighted by Crippen LogP contribution is -2.36. The van der Waals surface area contributed by atoms with Crippen molar-refractivity contribution < 1.29 is 14.6 Å². The molecule has 1 aliphatic heterocycles. The van der Waals surface area contributed by atoms with Crippen LogP contribution >= 0.6 is 0 Å². The van der Waals surface area contributed by atoms with Crippen molar-refractivity contribution in [3.8, 4) is 5.75 Å². The Morgan fingerprint density at radius 2 is 2.32 bits per heavy atom. The third-order valence-electron chi connectivity index (χ3n) is 3.42. The molecule has 1 atom stereocenters. The molecule has 1 aromatic carbocycles. The molecule has 0 aromatic heterocycles. The molecular formula is C15H19NO3. The topological polar surface area (TPSA) is 49.8 Å². The molecule has 19 heavy (non-hydrogen) atoms. The number of ether oxygens (including phenoxy) is 1. The number of nitrogens with zero attached hydrogens (tertiary/aromatic N) is 1. The summed E-state index contributed by atoms with van der Waals surface area (Å²) >= 11 is 0. The minimum atomic E-state index is -0.0533. The third-order valence-corrected chi connectivity index (χ3v) is 3.42. The largest absolute Gasteiger partial charge is 0.496 e. The highest BCUT2D eigenvalue weighted by Gasteiger charge is 2.26. The SMILES string of the molecule is COc1ccccc1C=CC(=O)N1CCCC1CO. The van der Waals surface area contributed by atoms with Gasteiger partial charge in [0.25, 0.3) is 0 Å². The lowest BCUT2D eigenvalue weighted by molar-refractivity contribution is -0.127. The molecule has 2 rings (SSSR count). The second-order valence-corrected chi connectivity index (χ2v) is 4.59. The van der Waals surface area contributed by atoms with E-state index in [-0.39, 0.29) is 18.6 Å². The summed E-state index contributed by atoms with van der Waals surface area (Å²) in [6, 6.07) is 7.52. The van der Waals surface area contributed by atoms with Gasteiger partial charge in [-0.15, -0.1) is 0 Å². The normalized spacial score (nSPS) is 19.1. The fourth-order valence-electron chi connectivity index (χ4n) is 2.38. The first-order valence-corrected chi connectivity index (χ1v) is 6.49. The molecular weight excluding hydrogens is 242 g/mol. The number of methoxy groups -OCH3 is 1. The number of likely N-dealkylation sites (tertiary alicyclic amines) is 1. The number of hydrogen-bond donors (Lipinski definition) is 1. The highest BCUT2D eigenvalue weighted by atomic mass is 16.5. The van der Waals surface area contributed by atoms with Gasteiger partial charge in [0.2, 0.25) is 5.91 Å². The van der Waals surface area contributed by atoms with Gasteiger partial charge in [-0.05, 0) is 25.0 Å². The van der Waals surface area contributed by atoms with Crippen molar-refractivity contribution >= 4 is 12.0 Å². The summed E-state index contributed by atoms with van der Waals surface area (Å²) in [5.74, 6) is 0.689. The van der Waals surface area contributed by atoms with Crippen LogP contribution in [0.15, 0.2) is 30.3 Å². The van der Waals surface area contributed by atoms with Gasteiger partial charge in [-0.25, -0.2) is 0 Å². The van der Waals surface area contributed by atoms with Crippen LogP contribution in [0.25, 0.3) is 6.08 Å². The smallest absolute Gasteiger partial charge is 0.246 e. The summed E-state index contributed by atoms with van der Waals surface area (Å²) in [6.45, 7) is 0.758. The van der Waals surface area contributed by atoms with Crippen molar-refractivity contribution in [2.75, 3.05) is 20.3 Å². The minimum absolute atomic E-state index is 0.0326. The van der Waals surface area contributed by atoms with Gasteiger partial charge in [0, 0.05) is 18.2 Å². The summed E-state index contributed by atoms with van der Waals surface area (Å²) in [7, 11) is 1.61. The molecule has 4 nitrogen and oxygen atoms in total. The van der Waals surface area contributed by atoms with Crippen LogP contribution < -0.4 is 4.74 Å². The number of benzene rings is 1. The molecule has 1 aromatic rings. The molecule has 0 bridgehead atoms. The molecule has 1 heterocycles. The van der Waals surface area contributed by atoms with Crippen LogP contribution in [-0.2, 0) is 4.79 Å². The van der Waals surface area contributed by atoms with Gasteiger partial charge in [0.15, 0.2) is 0 Å².